The van der Waals surface area contributed by atoms with Crippen LogP contribution in [-0.2, 0) is 22.4 Å². The number of carbonyl (C=O) groups is 3. The Labute approximate surface area is 189 Å². The monoisotopic (exact) mass is 434 g/mol. The number of piperazine rings is 1. The van der Waals surface area contributed by atoms with Gasteiger partial charge in [0.05, 0.1) is 6.54 Å². The third-order valence-corrected chi connectivity index (χ3v) is 6.27. The van der Waals surface area contributed by atoms with E-state index < -0.39 is 0 Å². The minimum Gasteiger partial charge on any atom is -0.336 e. The van der Waals surface area contributed by atoms with E-state index >= 15 is 0 Å². The fourth-order valence-electron chi connectivity index (χ4n) is 4.38. The Kier molecular flexibility index (Phi) is 6.55. The van der Waals surface area contributed by atoms with Crippen LogP contribution in [0.1, 0.15) is 35.3 Å². The molecule has 168 valence electrons. The molecule has 0 atom stereocenters. The van der Waals surface area contributed by atoms with E-state index in [2.05, 4.69) is 17.1 Å². The van der Waals surface area contributed by atoms with E-state index in [4.69, 9.17) is 0 Å². The van der Waals surface area contributed by atoms with Crippen molar-refractivity contribution in [3.63, 3.8) is 0 Å². The molecular weight excluding hydrogens is 404 g/mol. The molecule has 2 aromatic carbocycles. The van der Waals surface area contributed by atoms with Crippen LogP contribution < -0.4 is 10.2 Å². The number of hydrogen-bond acceptors (Lipinski definition) is 4. The van der Waals surface area contributed by atoms with Gasteiger partial charge in [-0.15, -0.1) is 0 Å². The van der Waals surface area contributed by atoms with Crippen molar-refractivity contribution in [2.45, 2.75) is 26.7 Å². The van der Waals surface area contributed by atoms with Gasteiger partial charge in [0.1, 0.15) is 0 Å². The topological polar surface area (TPSA) is 73.0 Å². The van der Waals surface area contributed by atoms with E-state index in [1.807, 2.05) is 47.4 Å². The Balaban J connectivity index is 1.27. The minimum absolute atomic E-state index is 0.0381. The first kappa shape index (κ1) is 22.0. The first-order valence-corrected chi connectivity index (χ1v) is 11.3. The average molecular weight is 435 g/mol. The molecule has 2 aliphatic heterocycles. The molecule has 0 spiro atoms. The number of rotatable bonds is 5. The zero-order valence-electron chi connectivity index (χ0n) is 18.8. The molecule has 4 rings (SSSR count). The Morgan fingerprint density at radius 3 is 2.31 bits per heavy atom. The van der Waals surface area contributed by atoms with E-state index in [-0.39, 0.29) is 17.7 Å². The number of amides is 3. The highest BCUT2D eigenvalue weighted by Gasteiger charge is 2.24. The minimum atomic E-state index is -0.0682. The van der Waals surface area contributed by atoms with Crippen LogP contribution >= 0.6 is 0 Å². The molecule has 0 radical (unpaired) electrons. The average Bonchev–Trinajstić information content (AvgIpc) is 3.23. The Bertz CT molecular complexity index is 1010. The van der Waals surface area contributed by atoms with Crippen molar-refractivity contribution in [2.75, 3.05) is 49.5 Å². The van der Waals surface area contributed by atoms with Gasteiger partial charge in [0.25, 0.3) is 5.91 Å². The van der Waals surface area contributed by atoms with E-state index in [9.17, 15) is 14.4 Å². The standard InChI is InChI=1S/C25H30N4O3/c1-3-19-4-6-20(7-5-19)25(32)28-14-12-27(13-15-28)17-24(31)26-22-8-9-23-21(16-22)10-11-29(23)18(2)30/h4-9,16H,3,10-15,17H2,1-2H3,(H,26,31). The van der Waals surface area contributed by atoms with Crippen LogP contribution in [0.15, 0.2) is 42.5 Å². The van der Waals surface area contributed by atoms with Crippen LogP contribution in [0.4, 0.5) is 11.4 Å². The van der Waals surface area contributed by atoms with Crippen molar-refractivity contribution in [3.8, 4) is 0 Å². The Morgan fingerprint density at radius 2 is 1.66 bits per heavy atom. The van der Waals surface area contributed by atoms with E-state index in [1.54, 1.807) is 11.8 Å². The molecule has 7 heteroatoms. The number of nitrogens with one attached hydrogen (secondary N) is 1. The predicted molar refractivity (Wildman–Crippen MR) is 125 cm³/mol. The summed E-state index contributed by atoms with van der Waals surface area (Å²) in [5.41, 5.74) is 4.70. The lowest BCUT2D eigenvalue weighted by Crippen LogP contribution is -2.50. The maximum Gasteiger partial charge on any atom is 0.253 e. The third-order valence-electron chi connectivity index (χ3n) is 6.27. The predicted octanol–water partition coefficient (Wildman–Crippen LogP) is 2.55. The molecule has 1 N–H and O–H groups in total. The summed E-state index contributed by atoms with van der Waals surface area (Å²) >= 11 is 0. The van der Waals surface area contributed by atoms with Crippen LogP contribution in [0.3, 0.4) is 0 Å². The number of benzene rings is 2. The zero-order valence-corrected chi connectivity index (χ0v) is 18.8. The number of hydrogen-bond donors (Lipinski definition) is 1. The zero-order chi connectivity index (χ0) is 22.7. The second kappa shape index (κ2) is 9.53. The summed E-state index contributed by atoms with van der Waals surface area (Å²) in [6.45, 7) is 7.22. The summed E-state index contributed by atoms with van der Waals surface area (Å²) in [6.07, 6.45) is 1.76. The first-order chi connectivity index (χ1) is 15.4. The number of aryl methyl sites for hydroxylation is 1. The first-order valence-electron chi connectivity index (χ1n) is 11.3. The van der Waals surface area contributed by atoms with Gasteiger partial charge >= 0.3 is 0 Å². The summed E-state index contributed by atoms with van der Waals surface area (Å²) in [6, 6.07) is 13.5. The summed E-state index contributed by atoms with van der Waals surface area (Å²) in [4.78, 5) is 42.7. The number of anilines is 2. The quantitative estimate of drug-likeness (QED) is 0.785. The van der Waals surface area contributed by atoms with Crippen molar-refractivity contribution < 1.29 is 14.4 Å². The van der Waals surface area contributed by atoms with Crippen LogP contribution in [0, 0.1) is 0 Å². The lowest BCUT2D eigenvalue weighted by atomic mass is 10.1. The summed E-state index contributed by atoms with van der Waals surface area (Å²) in [5, 5.41) is 2.97. The van der Waals surface area contributed by atoms with Gasteiger partial charge in [-0.05, 0) is 54.3 Å². The van der Waals surface area contributed by atoms with E-state index in [1.165, 1.54) is 5.56 Å². The second-order valence-electron chi connectivity index (χ2n) is 8.43. The largest absolute Gasteiger partial charge is 0.336 e. The van der Waals surface area contributed by atoms with Crippen molar-refractivity contribution in [1.82, 2.24) is 9.80 Å². The molecule has 2 aromatic rings. The molecule has 0 unspecified atom stereocenters. The molecule has 1 fully saturated rings. The van der Waals surface area contributed by atoms with Crippen molar-refractivity contribution in [3.05, 3.63) is 59.2 Å². The summed E-state index contributed by atoms with van der Waals surface area (Å²) in [7, 11) is 0. The molecule has 2 heterocycles. The molecule has 1 saturated heterocycles. The number of fused-ring (bicyclic) bond motifs is 1. The van der Waals surface area contributed by atoms with Gasteiger partial charge in [0, 0.05) is 56.6 Å². The maximum absolute atomic E-state index is 12.7. The molecule has 0 aromatic heterocycles. The maximum atomic E-state index is 12.7. The van der Waals surface area contributed by atoms with Crippen molar-refractivity contribution >= 4 is 29.1 Å². The SMILES string of the molecule is CCc1ccc(C(=O)N2CCN(CC(=O)Nc3ccc4c(c3)CCN4C(C)=O)CC2)cc1. The molecule has 0 saturated carbocycles. The lowest BCUT2D eigenvalue weighted by molar-refractivity contribution is -0.118. The van der Waals surface area contributed by atoms with E-state index in [0.29, 0.717) is 44.8 Å². The third kappa shape index (κ3) is 4.83. The Hall–Kier alpha value is -3.19. The van der Waals surface area contributed by atoms with Gasteiger partial charge in [-0.25, -0.2) is 0 Å². The fourth-order valence-corrected chi connectivity index (χ4v) is 4.38. The highest BCUT2D eigenvalue weighted by Crippen LogP contribution is 2.30. The lowest BCUT2D eigenvalue weighted by Gasteiger charge is -2.34. The molecule has 3 amide bonds. The van der Waals surface area contributed by atoms with Crippen molar-refractivity contribution in [2.24, 2.45) is 0 Å². The fraction of sp³-hybridized carbons (Fsp3) is 0.400. The molecule has 7 nitrogen and oxygen atoms in total. The number of nitrogens with zero attached hydrogens (tertiary/aromatic N) is 3. The smallest absolute Gasteiger partial charge is 0.253 e. The van der Waals surface area contributed by atoms with Crippen molar-refractivity contribution in [1.29, 1.82) is 0 Å². The van der Waals surface area contributed by atoms with Gasteiger partial charge in [0.2, 0.25) is 11.8 Å². The molecule has 0 aliphatic carbocycles. The van der Waals surface area contributed by atoms with Crippen LogP contribution in [0.2, 0.25) is 0 Å². The molecular formula is C25H30N4O3. The Morgan fingerprint density at radius 1 is 0.938 bits per heavy atom. The van der Waals surface area contributed by atoms with Crippen LogP contribution in [0.25, 0.3) is 0 Å². The second-order valence-corrected chi connectivity index (χ2v) is 8.43. The summed E-state index contributed by atoms with van der Waals surface area (Å²) in [5.74, 6) is 0.0203. The van der Waals surface area contributed by atoms with Gasteiger partial charge in [-0.2, -0.15) is 0 Å². The van der Waals surface area contributed by atoms with Gasteiger partial charge in [-0.3, -0.25) is 19.3 Å². The normalized spacial score (nSPS) is 16.1. The number of carbonyl (C=O) groups excluding carboxylic acids is 3. The molecule has 2 aliphatic rings. The summed E-state index contributed by atoms with van der Waals surface area (Å²) < 4.78 is 0. The van der Waals surface area contributed by atoms with E-state index in [0.717, 1.165) is 29.8 Å². The van der Waals surface area contributed by atoms with Gasteiger partial charge < -0.3 is 15.1 Å². The highest BCUT2D eigenvalue weighted by molar-refractivity contribution is 5.96. The van der Waals surface area contributed by atoms with Gasteiger partial charge in [0.15, 0.2) is 0 Å². The molecule has 0 bridgehead atoms. The molecule has 32 heavy (non-hydrogen) atoms. The van der Waals surface area contributed by atoms with Gasteiger partial charge in [-0.1, -0.05) is 19.1 Å². The van der Waals surface area contributed by atoms with Crippen LogP contribution in [0.5, 0.6) is 0 Å². The van der Waals surface area contributed by atoms with Crippen LogP contribution in [-0.4, -0.2) is 66.8 Å². The highest BCUT2D eigenvalue weighted by atomic mass is 16.2.